The molecule has 5 nitrogen and oxygen atoms in total. The molecule has 0 unspecified atom stereocenters. The van der Waals surface area contributed by atoms with E-state index in [2.05, 4.69) is 24.3 Å². The smallest absolute Gasteiger partial charge is 0.337 e. The average molecular weight is 408 g/mol. The third-order valence-electron chi connectivity index (χ3n) is 5.61. The molecule has 0 amide bonds. The van der Waals surface area contributed by atoms with Crippen molar-refractivity contribution in [3.63, 3.8) is 0 Å². The predicted octanol–water partition coefficient (Wildman–Crippen LogP) is 4.65. The number of nitrogens with two attached hydrogens (primary N) is 1. The Morgan fingerprint density at radius 2 is 2.07 bits per heavy atom. The number of thiophene rings is 1. The topological polar surface area (TPSA) is 88.2 Å². The van der Waals surface area contributed by atoms with E-state index in [-0.39, 0.29) is 5.41 Å². The Morgan fingerprint density at radius 1 is 1.28 bits per heavy atom. The highest BCUT2D eigenvalue weighted by atomic mass is 32.1. The van der Waals surface area contributed by atoms with Crippen LogP contribution in [-0.4, -0.2) is 16.1 Å². The molecule has 1 aromatic carbocycles. The van der Waals surface area contributed by atoms with Crippen molar-refractivity contribution < 1.29 is 9.90 Å². The first-order chi connectivity index (χ1) is 13.9. The quantitative estimate of drug-likeness (QED) is 0.423. The SMILES string of the molecule is CC1(C)CCc2sc(-c3ccc(-c4ccccc4CNN)cn3)c(C(=O)O)c2C1. The van der Waals surface area contributed by atoms with Crippen LogP contribution >= 0.6 is 11.3 Å². The molecule has 2 heterocycles. The van der Waals surface area contributed by atoms with Gasteiger partial charge in [-0.05, 0) is 47.4 Å². The predicted molar refractivity (Wildman–Crippen MR) is 117 cm³/mol. The van der Waals surface area contributed by atoms with Gasteiger partial charge in [0.25, 0.3) is 0 Å². The lowest BCUT2D eigenvalue weighted by Crippen LogP contribution is -2.22. The molecule has 0 radical (unpaired) electrons. The first-order valence-corrected chi connectivity index (χ1v) is 10.6. The van der Waals surface area contributed by atoms with E-state index < -0.39 is 5.97 Å². The van der Waals surface area contributed by atoms with Crippen LogP contribution < -0.4 is 11.3 Å². The minimum atomic E-state index is -0.861. The molecule has 0 atom stereocenters. The number of carboxylic acid groups (broad SMARTS) is 1. The number of aromatic carboxylic acids is 1. The molecule has 6 heteroatoms. The van der Waals surface area contributed by atoms with Gasteiger partial charge in [-0.15, -0.1) is 11.3 Å². The maximum atomic E-state index is 12.1. The summed E-state index contributed by atoms with van der Waals surface area (Å²) in [6.45, 7) is 4.98. The van der Waals surface area contributed by atoms with E-state index in [0.29, 0.717) is 12.1 Å². The highest BCUT2D eigenvalue weighted by Gasteiger charge is 2.33. The van der Waals surface area contributed by atoms with Crippen molar-refractivity contribution in [1.82, 2.24) is 10.4 Å². The minimum absolute atomic E-state index is 0.133. The maximum Gasteiger partial charge on any atom is 0.337 e. The number of nitrogens with zero attached hydrogens (tertiary/aromatic N) is 1. The Morgan fingerprint density at radius 3 is 2.76 bits per heavy atom. The second kappa shape index (κ2) is 7.71. The molecule has 0 aliphatic heterocycles. The molecule has 1 aliphatic carbocycles. The summed E-state index contributed by atoms with van der Waals surface area (Å²) >= 11 is 1.59. The van der Waals surface area contributed by atoms with E-state index in [1.807, 2.05) is 42.6 Å². The average Bonchev–Trinajstić information content (AvgIpc) is 3.06. The largest absolute Gasteiger partial charge is 0.478 e. The Balaban J connectivity index is 1.74. The molecule has 0 fully saturated rings. The Hall–Kier alpha value is -2.54. The van der Waals surface area contributed by atoms with E-state index >= 15 is 0 Å². The summed E-state index contributed by atoms with van der Waals surface area (Å²) in [4.78, 5) is 18.7. The number of rotatable bonds is 5. The van der Waals surface area contributed by atoms with Gasteiger partial charge in [0, 0.05) is 23.2 Å². The van der Waals surface area contributed by atoms with Crippen LogP contribution in [0.25, 0.3) is 21.7 Å². The van der Waals surface area contributed by atoms with Gasteiger partial charge in [0.2, 0.25) is 0 Å². The first kappa shape index (κ1) is 19.8. The number of hydrogen-bond donors (Lipinski definition) is 3. The van der Waals surface area contributed by atoms with Gasteiger partial charge in [-0.1, -0.05) is 44.2 Å². The van der Waals surface area contributed by atoms with Gasteiger partial charge in [0.15, 0.2) is 0 Å². The minimum Gasteiger partial charge on any atom is -0.478 e. The van der Waals surface area contributed by atoms with E-state index in [1.54, 1.807) is 11.3 Å². The van der Waals surface area contributed by atoms with Gasteiger partial charge in [-0.25, -0.2) is 4.79 Å². The monoisotopic (exact) mass is 407 g/mol. The first-order valence-electron chi connectivity index (χ1n) is 9.75. The van der Waals surface area contributed by atoms with Crippen molar-refractivity contribution in [3.8, 4) is 21.7 Å². The second-order valence-electron chi connectivity index (χ2n) is 8.32. The van der Waals surface area contributed by atoms with Crippen LogP contribution in [-0.2, 0) is 19.4 Å². The van der Waals surface area contributed by atoms with Gasteiger partial charge < -0.3 is 5.11 Å². The number of fused-ring (bicyclic) bond motifs is 1. The number of benzene rings is 1. The molecule has 4 N–H and O–H groups in total. The van der Waals surface area contributed by atoms with Crippen LogP contribution in [0.5, 0.6) is 0 Å². The normalized spacial score (nSPS) is 15.1. The summed E-state index contributed by atoms with van der Waals surface area (Å²) in [5, 5.41) is 9.93. The number of aromatic nitrogens is 1. The highest BCUT2D eigenvalue weighted by Crippen LogP contribution is 2.44. The van der Waals surface area contributed by atoms with E-state index in [0.717, 1.165) is 52.1 Å². The zero-order valence-corrected chi connectivity index (χ0v) is 17.5. The summed E-state index contributed by atoms with van der Waals surface area (Å²) in [6, 6.07) is 12.0. The number of pyridine rings is 1. The van der Waals surface area contributed by atoms with Crippen molar-refractivity contribution in [2.24, 2.45) is 11.3 Å². The Bertz CT molecular complexity index is 1050. The molecule has 4 rings (SSSR count). The van der Waals surface area contributed by atoms with Gasteiger partial charge in [-0.2, -0.15) is 0 Å². The lowest BCUT2D eigenvalue weighted by Gasteiger charge is -2.29. The molecule has 0 bridgehead atoms. The Kier molecular flexibility index (Phi) is 5.25. The van der Waals surface area contributed by atoms with E-state index in [1.165, 1.54) is 4.88 Å². The third-order valence-corrected chi connectivity index (χ3v) is 6.92. The van der Waals surface area contributed by atoms with Crippen LogP contribution in [0.15, 0.2) is 42.6 Å². The van der Waals surface area contributed by atoms with E-state index in [9.17, 15) is 9.90 Å². The molecule has 0 spiro atoms. The molecule has 2 aromatic heterocycles. The number of hydrogen-bond acceptors (Lipinski definition) is 5. The molecule has 150 valence electrons. The Labute approximate surface area is 174 Å². The van der Waals surface area contributed by atoms with Gasteiger partial charge in [-0.3, -0.25) is 16.3 Å². The van der Waals surface area contributed by atoms with Crippen LogP contribution in [0, 0.1) is 5.41 Å². The van der Waals surface area contributed by atoms with E-state index in [4.69, 9.17) is 5.84 Å². The van der Waals surface area contributed by atoms with Crippen molar-refractivity contribution in [3.05, 3.63) is 64.2 Å². The summed E-state index contributed by atoms with van der Waals surface area (Å²) in [6.07, 6.45) is 4.64. The fourth-order valence-corrected chi connectivity index (χ4v) is 5.37. The van der Waals surface area contributed by atoms with Crippen molar-refractivity contribution in [2.45, 2.75) is 39.7 Å². The van der Waals surface area contributed by atoms with Gasteiger partial charge in [0.1, 0.15) is 0 Å². The summed E-state index contributed by atoms with van der Waals surface area (Å²) in [5.41, 5.74) is 8.13. The van der Waals surface area contributed by atoms with Crippen molar-refractivity contribution in [2.75, 3.05) is 0 Å². The van der Waals surface area contributed by atoms with Crippen LogP contribution in [0.4, 0.5) is 0 Å². The van der Waals surface area contributed by atoms with Crippen molar-refractivity contribution in [1.29, 1.82) is 0 Å². The second-order valence-corrected chi connectivity index (χ2v) is 9.43. The van der Waals surface area contributed by atoms with Gasteiger partial charge in [0.05, 0.1) is 16.1 Å². The molecule has 29 heavy (non-hydrogen) atoms. The highest BCUT2D eigenvalue weighted by molar-refractivity contribution is 7.16. The molecular formula is C23H25N3O2S. The number of nitrogens with one attached hydrogen (secondary N) is 1. The molecule has 0 saturated heterocycles. The number of carbonyl (C=O) groups is 1. The number of hydrazine groups is 1. The maximum absolute atomic E-state index is 12.1. The lowest BCUT2D eigenvalue weighted by atomic mass is 9.76. The summed E-state index contributed by atoms with van der Waals surface area (Å²) in [7, 11) is 0. The molecule has 0 saturated carbocycles. The fourth-order valence-electron chi connectivity index (χ4n) is 4.08. The molecule has 3 aromatic rings. The van der Waals surface area contributed by atoms with Gasteiger partial charge >= 0.3 is 5.97 Å². The third kappa shape index (κ3) is 3.83. The fraction of sp³-hybridized carbons (Fsp3) is 0.304. The van der Waals surface area contributed by atoms with Crippen LogP contribution in [0.2, 0.25) is 0 Å². The van der Waals surface area contributed by atoms with Crippen molar-refractivity contribution >= 4 is 17.3 Å². The molecule has 1 aliphatic rings. The number of aryl methyl sites for hydroxylation is 1. The standard InChI is InChI=1S/C23H25N3O2S/c1-23(2)10-9-19-17(11-23)20(22(27)28)21(29-19)18-8-7-15(12-25-18)16-6-4-3-5-14(16)13-26-24/h3-8,12,26H,9-11,13,24H2,1-2H3,(H,27,28). The molecular weight excluding hydrogens is 382 g/mol. The summed E-state index contributed by atoms with van der Waals surface area (Å²) < 4.78 is 0. The zero-order chi connectivity index (χ0) is 20.6. The lowest BCUT2D eigenvalue weighted by molar-refractivity contribution is 0.0696. The van der Waals surface area contributed by atoms with Crippen LogP contribution in [0.3, 0.4) is 0 Å². The summed E-state index contributed by atoms with van der Waals surface area (Å²) in [5.74, 6) is 4.64. The van der Waals surface area contributed by atoms with Crippen LogP contribution in [0.1, 0.15) is 46.6 Å². The zero-order valence-electron chi connectivity index (χ0n) is 16.7. The number of carboxylic acids is 1.